The predicted molar refractivity (Wildman–Crippen MR) is 79.9 cm³/mol. The minimum absolute atomic E-state index is 0.504. The topological polar surface area (TPSA) is 24.1 Å². The van der Waals surface area contributed by atoms with Crippen LogP contribution in [0.3, 0.4) is 0 Å². The smallest absolute Gasteiger partial charge is 0.0211 e. The highest BCUT2D eigenvalue weighted by atomic mass is 15.0. The second-order valence-corrected chi connectivity index (χ2v) is 5.76. The zero-order valence-corrected chi connectivity index (χ0v) is 12.5. The van der Waals surface area contributed by atoms with E-state index in [0.29, 0.717) is 6.04 Å². The first kappa shape index (κ1) is 15.2. The second-order valence-electron chi connectivity index (χ2n) is 5.76. The van der Waals surface area contributed by atoms with Crippen molar-refractivity contribution in [2.24, 2.45) is 5.92 Å². The monoisotopic (exact) mass is 248 g/mol. The molecule has 0 radical (unpaired) electrons. The van der Waals surface area contributed by atoms with Crippen molar-refractivity contribution in [1.82, 2.24) is 10.6 Å². The molecule has 0 saturated heterocycles. The normalized spacial score (nSPS) is 13.0. The van der Waals surface area contributed by atoms with Crippen LogP contribution in [0, 0.1) is 19.8 Å². The molecule has 0 aliphatic heterocycles. The van der Waals surface area contributed by atoms with Gasteiger partial charge in [0.25, 0.3) is 0 Å². The van der Waals surface area contributed by atoms with E-state index in [1.54, 1.807) is 0 Å². The van der Waals surface area contributed by atoms with Crippen molar-refractivity contribution >= 4 is 0 Å². The summed E-state index contributed by atoms with van der Waals surface area (Å²) in [5.74, 6) is 0.719. The molecule has 0 spiro atoms. The first-order chi connectivity index (χ1) is 8.49. The fourth-order valence-electron chi connectivity index (χ4n) is 1.99. The summed E-state index contributed by atoms with van der Waals surface area (Å²) in [6.45, 7) is 14.1. The maximum absolute atomic E-state index is 3.57. The summed E-state index contributed by atoms with van der Waals surface area (Å²) in [5, 5.41) is 7.05. The number of aryl methyl sites for hydroxylation is 2. The van der Waals surface area contributed by atoms with E-state index in [4.69, 9.17) is 0 Å². The Morgan fingerprint density at radius 1 is 1.06 bits per heavy atom. The third-order valence-electron chi connectivity index (χ3n) is 3.14. The van der Waals surface area contributed by atoms with Crippen LogP contribution < -0.4 is 10.6 Å². The SMILES string of the molecule is Cc1ccc(CNC(C)CNCC(C)C)c(C)c1. The molecule has 0 fully saturated rings. The fourth-order valence-corrected chi connectivity index (χ4v) is 1.99. The lowest BCUT2D eigenvalue weighted by Gasteiger charge is -2.16. The molecular weight excluding hydrogens is 220 g/mol. The maximum atomic E-state index is 3.57. The average Bonchev–Trinajstić information content (AvgIpc) is 2.27. The molecule has 1 rings (SSSR count). The van der Waals surface area contributed by atoms with Gasteiger partial charge in [0.2, 0.25) is 0 Å². The molecule has 2 heteroatoms. The van der Waals surface area contributed by atoms with E-state index in [1.165, 1.54) is 16.7 Å². The summed E-state index contributed by atoms with van der Waals surface area (Å²) in [5.41, 5.74) is 4.11. The van der Waals surface area contributed by atoms with Gasteiger partial charge < -0.3 is 10.6 Å². The Hall–Kier alpha value is -0.860. The molecule has 18 heavy (non-hydrogen) atoms. The van der Waals surface area contributed by atoms with Crippen molar-refractivity contribution in [3.05, 3.63) is 34.9 Å². The first-order valence-electron chi connectivity index (χ1n) is 6.99. The molecule has 0 heterocycles. The molecule has 0 bridgehead atoms. The highest BCUT2D eigenvalue weighted by molar-refractivity contribution is 5.30. The van der Waals surface area contributed by atoms with Crippen molar-refractivity contribution in [3.8, 4) is 0 Å². The van der Waals surface area contributed by atoms with Crippen LogP contribution >= 0.6 is 0 Å². The molecule has 0 saturated carbocycles. The van der Waals surface area contributed by atoms with Gasteiger partial charge in [-0.3, -0.25) is 0 Å². The zero-order chi connectivity index (χ0) is 13.5. The quantitative estimate of drug-likeness (QED) is 0.775. The van der Waals surface area contributed by atoms with Gasteiger partial charge in [-0.1, -0.05) is 37.6 Å². The van der Waals surface area contributed by atoms with E-state index in [0.717, 1.165) is 25.6 Å². The number of benzene rings is 1. The Balaban J connectivity index is 2.31. The molecule has 1 unspecified atom stereocenters. The molecule has 0 aliphatic rings. The minimum atomic E-state index is 0.504. The Morgan fingerprint density at radius 3 is 2.39 bits per heavy atom. The molecule has 0 aliphatic carbocycles. The van der Waals surface area contributed by atoms with Crippen LogP contribution in [-0.2, 0) is 6.54 Å². The van der Waals surface area contributed by atoms with E-state index < -0.39 is 0 Å². The first-order valence-corrected chi connectivity index (χ1v) is 6.99. The molecule has 2 N–H and O–H groups in total. The lowest BCUT2D eigenvalue weighted by molar-refractivity contribution is 0.472. The van der Waals surface area contributed by atoms with Gasteiger partial charge in [0, 0.05) is 19.1 Å². The van der Waals surface area contributed by atoms with Crippen LogP contribution in [0.4, 0.5) is 0 Å². The predicted octanol–water partition coefficient (Wildman–Crippen LogP) is 3.03. The minimum Gasteiger partial charge on any atom is -0.315 e. The van der Waals surface area contributed by atoms with E-state index in [2.05, 4.69) is 63.5 Å². The van der Waals surface area contributed by atoms with Crippen LogP contribution in [0.25, 0.3) is 0 Å². The number of hydrogen-bond donors (Lipinski definition) is 2. The van der Waals surface area contributed by atoms with Crippen molar-refractivity contribution in [2.75, 3.05) is 13.1 Å². The summed E-state index contributed by atoms with van der Waals surface area (Å²) in [6, 6.07) is 7.17. The average molecular weight is 248 g/mol. The third-order valence-corrected chi connectivity index (χ3v) is 3.14. The summed E-state index contributed by atoms with van der Waals surface area (Å²) in [4.78, 5) is 0. The van der Waals surface area contributed by atoms with Gasteiger partial charge in [-0.25, -0.2) is 0 Å². The van der Waals surface area contributed by atoms with Crippen molar-refractivity contribution in [1.29, 1.82) is 0 Å². The van der Waals surface area contributed by atoms with Gasteiger partial charge in [-0.2, -0.15) is 0 Å². The van der Waals surface area contributed by atoms with Gasteiger partial charge in [0.15, 0.2) is 0 Å². The highest BCUT2D eigenvalue weighted by Crippen LogP contribution is 2.10. The van der Waals surface area contributed by atoms with Gasteiger partial charge >= 0.3 is 0 Å². The van der Waals surface area contributed by atoms with Gasteiger partial charge in [-0.05, 0) is 44.4 Å². The lowest BCUT2D eigenvalue weighted by Crippen LogP contribution is -2.37. The second kappa shape index (κ2) is 7.55. The molecular formula is C16H28N2. The third kappa shape index (κ3) is 5.65. The molecule has 102 valence electrons. The van der Waals surface area contributed by atoms with Crippen molar-refractivity contribution in [3.63, 3.8) is 0 Å². The van der Waals surface area contributed by atoms with Crippen LogP contribution in [0.2, 0.25) is 0 Å². The standard InChI is InChI=1S/C16H28N2/c1-12(2)9-17-10-15(5)18-11-16-7-6-13(3)8-14(16)4/h6-8,12,15,17-18H,9-11H2,1-5H3. The summed E-state index contributed by atoms with van der Waals surface area (Å²) in [6.07, 6.45) is 0. The van der Waals surface area contributed by atoms with Gasteiger partial charge in [0.1, 0.15) is 0 Å². The van der Waals surface area contributed by atoms with E-state index in [9.17, 15) is 0 Å². The van der Waals surface area contributed by atoms with Crippen molar-refractivity contribution < 1.29 is 0 Å². The van der Waals surface area contributed by atoms with Crippen LogP contribution in [0.1, 0.15) is 37.5 Å². The Kier molecular flexibility index (Phi) is 6.37. The van der Waals surface area contributed by atoms with Crippen molar-refractivity contribution in [2.45, 2.75) is 47.2 Å². The molecule has 1 aromatic carbocycles. The summed E-state index contributed by atoms with van der Waals surface area (Å²) < 4.78 is 0. The van der Waals surface area contributed by atoms with E-state index in [1.807, 2.05) is 0 Å². The Morgan fingerprint density at radius 2 is 1.78 bits per heavy atom. The molecule has 0 aromatic heterocycles. The fraction of sp³-hybridized carbons (Fsp3) is 0.625. The Labute approximate surface area is 112 Å². The molecule has 2 nitrogen and oxygen atoms in total. The van der Waals surface area contributed by atoms with Gasteiger partial charge in [-0.15, -0.1) is 0 Å². The van der Waals surface area contributed by atoms with Crippen LogP contribution in [-0.4, -0.2) is 19.1 Å². The van der Waals surface area contributed by atoms with E-state index in [-0.39, 0.29) is 0 Å². The van der Waals surface area contributed by atoms with Crippen LogP contribution in [0.15, 0.2) is 18.2 Å². The molecule has 1 atom stereocenters. The van der Waals surface area contributed by atoms with E-state index >= 15 is 0 Å². The number of nitrogens with one attached hydrogen (secondary N) is 2. The largest absolute Gasteiger partial charge is 0.315 e. The molecule has 0 amide bonds. The van der Waals surface area contributed by atoms with Crippen LogP contribution in [0.5, 0.6) is 0 Å². The number of rotatable bonds is 7. The number of hydrogen-bond acceptors (Lipinski definition) is 2. The summed E-state index contributed by atoms with van der Waals surface area (Å²) >= 11 is 0. The molecule has 1 aromatic rings. The highest BCUT2D eigenvalue weighted by Gasteiger charge is 2.03. The maximum Gasteiger partial charge on any atom is 0.0211 e. The zero-order valence-electron chi connectivity index (χ0n) is 12.5. The Bertz CT molecular complexity index is 358. The summed E-state index contributed by atoms with van der Waals surface area (Å²) in [7, 11) is 0. The lowest BCUT2D eigenvalue weighted by atomic mass is 10.1. The van der Waals surface area contributed by atoms with Gasteiger partial charge in [0.05, 0.1) is 0 Å².